The second kappa shape index (κ2) is 4.55. The molecular weight excluding hydrogens is 264 g/mol. The van der Waals surface area contributed by atoms with Gasteiger partial charge in [0.2, 0.25) is 0 Å². The lowest BCUT2D eigenvalue weighted by atomic mass is 9.63. The zero-order valence-electron chi connectivity index (χ0n) is 12.5. The fourth-order valence-corrected chi connectivity index (χ4v) is 3.97. The first-order valence-corrected chi connectivity index (χ1v) is 7.72. The zero-order chi connectivity index (χ0) is 14.6. The zero-order valence-corrected chi connectivity index (χ0v) is 12.5. The minimum atomic E-state index is -0.0821. The summed E-state index contributed by atoms with van der Waals surface area (Å²) in [6.45, 7) is 3.94. The van der Waals surface area contributed by atoms with Gasteiger partial charge < -0.3 is 5.32 Å². The maximum absolute atomic E-state index is 12.5. The third-order valence-electron chi connectivity index (χ3n) is 4.94. The number of carbonyl (C=O) groups excluding carboxylic acids is 1. The third kappa shape index (κ3) is 2.11. The van der Waals surface area contributed by atoms with E-state index in [0.29, 0.717) is 17.4 Å². The third-order valence-corrected chi connectivity index (χ3v) is 4.94. The summed E-state index contributed by atoms with van der Waals surface area (Å²) in [5.74, 6) is 1.58. The van der Waals surface area contributed by atoms with Gasteiger partial charge in [-0.05, 0) is 57.4 Å². The van der Waals surface area contributed by atoms with Crippen molar-refractivity contribution in [2.24, 2.45) is 11.8 Å². The topological polar surface area (TPSA) is 59.3 Å². The molecule has 3 aliphatic carbocycles. The van der Waals surface area contributed by atoms with Gasteiger partial charge in [-0.2, -0.15) is 0 Å². The number of hydrogen-bond acceptors (Lipinski definition) is 3. The van der Waals surface area contributed by atoms with Gasteiger partial charge >= 0.3 is 0 Å². The van der Waals surface area contributed by atoms with Crippen molar-refractivity contribution >= 4 is 11.6 Å². The highest BCUT2D eigenvalue weighted by molar-refractivity contribution is 5.98. The Labute approximate surface area is 123 Å². The van der Waals surface area contributed by atoms with E-state index in [1.165, 1.54) is 12.8 Å². The van der Waals surface area contributed by atoms with Crippen molar-refractivity contribution < 1.29 is 4.79 Å². The van der Waals surface area contributed by atoms with Crippen LogP contribution in [-0.4, -0.2) is 26.3 Å². The van der Waals surface area contributed by atoms with Crippen LogP contribution < -0.4 is 5.32 Å². The molecule has 1 amide bonds. The van der Waals surface area contributed by atoms with Gasteiger partial charge in [-0.25, -0.2) is 9.97 Å². The fraction of sp³-hybridized carbons (Fsp3) is 0.562. The molecule has 0 atom stereocenters. The highest BCUT2D eigenvalue weighted by Gasteiger charge is 2.38. The number of aromatic nitrogens is 3. The number of nitrogens with one attached hydrogen (secondary N) is 1. The van der Waals surface area contributed by atoms with Crippen LogP contribution in [0.15, 0.2) is 12.4 Å². The van der Waals surface area contributed by atoms with E-state index in [0.717, 1.165) is 36.1 Å². The SMILES string of the molecule is Cc1cc(C)n2cnc(C(=O)NC3CC4CC(C4)C3)c2n1. The standard InChI is InChI=1S/C16H20N4O/c1-9-3-10(2)20-8-17-14(15(20)18-9)16(21)19-13-6-11-4-12(5-11)7-13/h3,8,11-13H,4-7H2,1-2H3,(H,19,21). The van der Waals surface area contributed by atoms with Crippen LogP contribution in [-0.2, 0) is 0 Å². The van der Waals surface area contributed by atoms with Crippen LogP contribution >= 0.6 is 0 Å². The molecule has 3 fully saturated rings. The van der Waals surface area contributed by atoms with E-state index in [4.69, 9.17) is 0 Å². The summed E-state index contributed by atoms with van der Waals surface area (Å²) in [7, 11) is 0. The van der Waals surface area contributed by atoms with Crippen LogP contribution in [0.4, 0.5) is 0 Å². The maximum atomic E-state index is 12.5. The number of aryl methyl sites for hydroxylation is 2. The van der Waals surface area contributed by atoms with Crippen molar-refractivity contribution in [3.8, 4) is 0 Å². The van der Waals surface area contributed by atoms with E-state index in [1.807, 2.05) is 24.3 Å². The van der Waals surface area contributed by atoms with Gasteiger partial charge in [0.25, 0.3) is 5.91 Å². The summed E-state index contributed by atoms with van der Waals surface area (Å²) in [4.78, 5) is 21.3. The largest absolute Gasteiger partial charge is 0.348 e. The van der Waals surface area contributed by atoms with Gasteiger partial charge in [-0.3, -0.25) is 9.20 Å². The second-order valence-electron chi connectivity index (χ2n) is 6.67. The Bertz CT molecular complexity index is 704. The van der Waals surface area contributed by atoms with Gasteiger partial charge in [0.1, 0.15) is 6.33 Å². The molecule has 2 aromatic rings. The normalized spacial score (nSPS) is 27.4. The van der Waals surface area contributed by atoms with Crippen LogP contribution in [0.5, 0.6) is 0 Å². The summed E-state index contributed by atoms with van der Waals surface area (Å²) < 4.78 is 1.88. The van der Waals surface area contributed by atoms with Gasteiger partial charge in [-0.1, -0.05) is 0 Å². The molecule has 0 unspecified atom stereocenters. The van der Waals surface area contributed by atoms with Gasteiger partial charge in [0.15, 0.2) is 11.3 Å². The molecule has 1 N–H and O–H groups in total. The number of imidazole rings is 1. The Hall–Kier alpha value is -1.91. The molecule has 2 heterocycles. The lowest BCUT2D eigenvalue weighted by molar-refractivity contribution is 0.0706. The van der Waals surface area contributed by atoms with Gasteiger partial charge in [0, 0.05) is 17.4 Å². The first-order valence-electron chi connectivity index (χ1n) is 7.72. The van der Waals surface area contributed by atoms with Crippen LogP contribution in [0.25, 0.3) is 5.65 Å². The maximum Gasteiger partial charge on any atom is 0.274 e. The number of rotatable bonds is 2. The summed E-state index contributed by atoms with van der Waals surface area (Å²) in [6, 6.07) is 2.31. The van der Waals surface area contributed by atoms with E-state index >= 15 is 0 Å². The average molecular weight is 284 g/mol. The number of hydrogen-bond donors (Lipinski definition) is 1. The lowest BCUT2D eigenvalue weighted by Crippen LogP contribution is -2.46. The molecule has 5 rings (SSSR count). The Kier molecular flexibility index (Phi) is 2.77. The molecular formula is C16H20N4O. The number of nitrogens with zero attached hydrogens (tertiary/aromatic N) is 3. The van der Waals surface area contributed by atoms with Crippen LogP contribution in [0.3, 0.4) is 0 Å². The Morgan fingerprint density at radius 3 is 2.67 bits per heavy atom. The monoisotopic (exact) mass is 284 g/mol. The molecule has 0 spiro atoms. The molecule has 0 aromatic carbocycles. The highest BCUT2D eigenvalue weighted by atomic mass is 16.2. The van der Waals surface area contributed by atoms with E-state index in [1.54, 1.807) is 6.33 Å². The molecule has 2 bridgehead atoms. The van der Waals surface area contributed by atoms with E-state index in [9.17, 15) is 4.79 Å². The van der Waals surface area contributed by atoms with Crippen molar-refractivity contribution in [3.05, 3.63) is 29.5 Å². The molecule has 5 heteroatoms. The summed E-state index contributed by atoms with van der Waals surface area (Å²) in [6.07, 6.45) is 6.66. The Balaban J connectivity index is 1.59. The lowest BCUT2D eigenvalue weighted by Gasteiger charge is -2.45. The average Bonchev–Trinajstić information content (AvgIpc) is 2.81. The molecule has 0 aliphatic heterocycles. The quantitative estimate of drug-likeness (QED) is 0.920. The molecule has 2 aromatic heterocycles. The van der Waals surface area contributed by atoms with Crippen molar-refractivity contribution in [1.29, 1.82) is 0 Å². The fourth-order valence-electron chi connectivity index (χ4n) is 3.97. The summed E-state index contributed by atoms with van der Waals surface area (Å²) >= 11 is 0. The van der Waals surface area contributed by atoms with Gasteiger partial charge in [-0.15, -0.1) is 0 Å². The molecule has 21 heavy (non-hydrogen) atoms. The van der Waals surface area contributed by atoms with Crippen molar-refractivity contribution in [1.82, 2.24) is 19.7 Å². The van der Waals surface area contributed by atoms with Crippen molar-refractivity contribution in [3.63, 3.8) is 0 Å². The molecule has 0 saturated heterocycles. The van der Waals surface area contributed by atoms with E-state index in [-0.39, 0.29) is 5.91 Å². The summed E-state index contributed by atoms with van der Waals surface area (Å²) in [5.41, 5.74) is 3.06. The van der Waals surface area contributed by atoms with Gasteiger partial charge in [0.05, 0.1) is 0 Å². The van der Waals surface area contributed by atoms with Crippen LogP contribution in [0, 0.1) is 25.7 Å². The van der Waals surface area contributed by atoms with Crippen molar-refractivity contribution in [2.45, 2.75) is 45.6 Å². The first kappa shape index (κ1) is 12.8. The van der Waals surface area contributed by atoms with E-state index in [2.05, 4.69) is 15.3 Å². The van der Waals surface area contributed by atoms with Crippen LogP contribution in [0.2, 0.25) is 0 Å². The first-order chi connectivity index (χ1) is 10.1. The smallest absolute Gasteiger partial charge is 0.274 e. The predicted octanol–water partition coefficient (Wildman–Crippen LogP) is 2.26. The number of fused-ring (bicyclic) bond motifs is 3. The Morgan fingerprint density at radius 1 is 1.24 bits per heavy atom. The number of carbonyl (C=O) groups is 1. The predicted molar refractivity (Wildman–Crippen MR) is 79.2 cm³/mol. The molecule has 3 aliphatic rings. The highest BCUT2D eigenvalue weighted by Crippen LogP contribution is 2.45. The van der Waals surface area contributed by atoms with E-state index < -0.39 is 0 Å². The Morgan fingerprint density at radius 2 is 1.95 bits per heavy atom. The number of amides is 1. The molecule has 3 saturated carbocycles. The second-order valence-corrected chi connectivity index (χ2v) is 6.67. The molecule has 110 valence electrons. The minimum absolute atomic E-state index is 0.0821. The van der Waals surface area contributed by atoms with Crippen molar-refractivity contribution in [2.75, 3.05) is 0 Å². The minimum Gasteiger partial charge on any atom is -0.348 e. The molecule has 0 radical (unpaired) electrons. The summed E-state index contributed by atoms with van der Waals surface area (Å²) in [5, 5.41) is 3.16. The van der Waals surface area contributed by atoms with Crippen LogP contribution in [0.1, 0.15) is 47.6 Å². The molecule has 5 nitrogen and oxygen atoms in total.